The van der Waals surface area contributed by atoms with E-state index in [0.29, 0.717) is 18.9 Å². The molecule has 0 aliphatic carbocycles. The Balaban J connectivity index is 1.93. The van der Waals surface area contributed by atoms with Crippen molar-refractivity contribution in [2.45, 2.75) is 25.8 Å². The minimum Gasteiger partial charge on any atom is -0.370 e. The lowest BCUT2D eigenvalue weighted by molar-refractivity contribution is -0.119. The number of hydrogen-bond donors (Lipinski definition) is 2. The highest BCUT2D eigenvalue weighted by Gasteiger charge is 2.20. The molecule has 0 saturated carbocycles. The van der Waals surface area contributed by atoms with Crippen LogP contribution in [0.5, 0.6) is 0 Å². The largest absolute Gasteiger partial charge is 0.370 e. The van der Waals surface area contributed by atoms with Crippen molar-refractivity contribution in [1.29, 1.82) is 0 Å². The smallest absolute Gasteiger partial charge is 0.217 e. The lowest BCUT2D eigenvalue weighted by Gasteiger charge is -2.31. The Bertz CT molecular complexity index is 536. The van der Waals surface area contributed by atoms with Crippen molar-refractivity contribution in [3.05, 3.63) is 35.4 Å². The molecule has 1 heterocycles. The molecule has 4 nitrogen and oxygen atoms in total. The third kappa shape index (κ3) is 4.89. The van der Waals surface area contributed by atoms with Crippen LogP contribution >= 0.6 is 0 Å². The van der Waals surface area contributed by atoms with E-state index in [9.17, 15) is 4.79 Å². The van der Waals surface area contributed by atoms with E-state index in [1.54, 1.807) is 0 Å². The summed E-state index contributed by atoms with van der Waals surface area (Å²) in [5.74, 6) is 6.32. The van der Waals surface area contributed by atoms with Crippen molar-refractivity contribution in [2.75, 3.05) is 19.6 Å². The maximum absolute atomic E-state index is 11.0. The number of nitrogens with two attached hydrogens (primary N) is 2. The molecule has 1 aromatic carbocycles. The van der Waals surface area contributed by atoms with Crippen LogP contribution in [0.2, 0.25) is 0 Å². The zero-order valence-electron chi connectivity index (χ0n) is 12.3. The summed E-state index contributed by atoms with van der Waals surface area (Å²) >= 11 is 0. The number of carbonyl (C=O) groups is 1. The molecule has 1 aromatic rings. The molecule has 21 heavy (non-hydrogen) atoms. The number of likely N-dealkylation sites (tertiary alicyclic amines) is 1. The van der Waals surface area contributed by atoms with E-state index >= 15 is 0 Å². The van der Waals surface area contributed by atoms with Gasteiger partial charge in [-0.1, -0.05) is 30.0 Å². The van der Waals surface area contributed by atoms with Gasteiger partial charge in [-0.05, 0) is 43.5 Å². The third-order valence-corrected chi connectivity index (χ3v) is 3.93. The monoisotopic (exact) mass is 285 g/mol. The SMILES string of the molecule is NCC#Cc1ccccc1CN1CCC(CC(N)=O)CC1. The predicted octanol–water partition coefficient (Wildman–Crippen LogP) is 1.08. The summed E-state index contributed by atoms with van der Waals surface area (Å²) in [6, 6.07) is 8.21. The van der Waals surface area contributed by atoms with Crippen LogP contribution in [0.4, 0.5) is 0 Å². The van der Waals surface area contributed by atoms with Crippen molar-refractivity contribution in [3.8, 4) is 11.8 Å². The van der Waals surface area contributed by atoms with Crippen molar-refractivity contribution < 1.29 is 4.79 Å². The fourth-order valence-corrected chi connectivity index (χ4v) is 2.80. The number of carbonyl (C=O) groups excluding carboxylic acids is 1. The molecular weight excluding hydrogens is 262 g/mol. The van der Waals surface area contributed by atoms with Gasteiger partial charge in [0, 0.05) is 18.5 Å². The Kier molecular flexibility index (Phi) is 5.79. The Labute approximate surface area is 126 Å². The highest BCUT2D eigenvalue weighted by Crippen LogP contribution is 2.22. The zero-order valence-corrected chi connectivity index (χ0v) is 12.3. The fraction of sp³-hybridized carbons (Fsp3) is 0.471. The zero-order chi connectivity index (χ0) is 15.1. The number of piperidine rings is 1. The van der Waals surface area contributed by atoms with E-state index in [1.807, 2.05) is 18.2 Å². The van der Waals surface area contributed by atoms with Crippen LogP contribution in [-0.2, 0) is 11.3 Å². The molecule has 2 rings (SSSR count). The summed E-state index contributed by atoms with van der Waals surface area (Å²) in [6.07, 6.45) is 2.60. The van der Waals surface area contributed by atoms with Gasteiger partial charge >= 0.3 is 0 Å². The van der Waals surface area contributed by atoms with Gasteiger partial charge in [0.25, 0.3) is 0 Å². The first-order chi connectivity index (χ1) is 10.2. The van der Waals surface area contributed by atoms with Gasteiger partial charge in [0.15, 0.2) is 0 Å². The van der Waals surface area contributed by atoms with Crippen LogP contribution in [0.3, 0.4) is 0 Å². The molecule has 0 bridgehead atoms. The maximum atomic E-state index is 11.0. The van der Waals surface area contributed by atoms with Crippen LogP contribution < -0.4 is 11.5 Å². The molecule has 1 fully saturated rings. The van der Waals surface area contributed by atoms with Crippen LogP contribution in [-0.4, -0.2) is 30.4 Å². The second-order valence-corrected chi connectivity index (χ2v) is 5.55. The summed E-state index contributed by atoms with van der Waals surface area (Å²) in [5.41, 5.74) is 13.0. The van der Waals surface area contributed by atoms with Crippen molar-refractivity contribution >= 4 is 5.91 Å². The molecule has 1 aliphatic rings. The van der Waals surface area contributed by atoms with Gasteiger partial charge in [-0.15, -0.1) is 0 Å². The van der Waals surface area contributed by atoms with E-state index in [-0.39, 0.29) is 5.91 Å². The molecule has 112 valence electrons. The van der Waals surface area contributed by atoms with Gasteiger partial charge in [-0.3, -0.25) is 9.69 Å². The van der Waals surface area contributed by atoms with Gasteiger partial charge in [0.05, 0.1) is 6.54 Å². The summed E-state index contributed by atoms with van der Waals surface area (Å²) in [6.45, 7) is 3.30. The molecule has 0 atom stereocenters. The number of primary amides is 1. The van der Waals surface area contributed by atoms with Crippen molar-refractivity contribution in [2.24, 2.45) is 17.4 Å². The quantitative estimate of drug-likeness (QED) is 0.813. The summed E-state index contributed by atoms with van der Waals surface area (Å²) in [5, 5.41) is 0. The van der Waals surface area contributed by atoms with Crippen LogP contribution in [0.15, 0.2) is 24.3 Å². The van der Waals surface area contributed by atoms with E-state index in [1.165, 1.54) is 5.56 Å². The third-order valence-electron chi connectivity index (χ3n) is 3.93. The lowest BCUT2D eigenvalue weighted by Crippen LogP contribution is -2.34. The maximum Gasteiger partial charge on any atom is 0.217 e. The van der Waals surface area contributed by atoms with E-state index < -0.39 is 0 Å². The second kappa shape index (κ2) is 7.82. The topological polar surface area (TPSA) is 72.3 Å². The molecule has 4 N–H and O–H groups in total. The number of benzene rings is 1. The number of hydrogen-bond acceptors (Lipinski definition) is 3. The number of amides is 1. The summed E-state index contributed by atoms with van der Waals surface area (Å²) < 4.78 is 0. The molecule has 1 amide bonds. The van der Waals surface area contributed by atoms with Crippen LogP contribution in [0.25, 0.3) is 0 Å². The first kappa shape index (κ1) is 15.6. The molecule has 4 heteroatoms. The van der Waals surface area contributed by atoms with Gasteiger partial charge in [0.1, 0.15) is 0 Å². The summed E-state index contributed by atoms with van der Waals surface area (Å²) in [7, 11) is 0. The minimum atomic E-state index is -0.184. The van der Waals surface area contributed by atoms with Crippen LogP contribution in [0.1, 0.15) is 30.4 Å². The van der Waals surface area contributed by atoms with Gasteiger partial charge < -0.3 is 11.5 Å². The van der Waals surface area contributed by atoms with Gasteiger partial charge in [0.2, 0.25) is 5.91 Å². The summed E-state index contributed by atoms with van der Waals surface area (Å²) in [4.78, 5) is 13.4. The molecule has 0 aromatic heterocycles. The molecular formula is C17H23N3O. The minimum absolute atomic E-state index is 0.184. The Morgan fingerprint density at radius 1 is 1.29 bits per heavy atom. The van der Waals surface area contributed by atoms with Crippen LogP contribution in [0, 0.1) is 17.8 Å². The van der Waals surface area contributed by atoms with Crippen molar-refractivity contribution in [1.82, 2.24) is 4.90 Å². The van der Waals surface area contributed by atoms with Crippen molar-refractivity contribution in [3.63, 3.8) is 0 Å². The number of nitrogens with zero attached hydrogens (tertiary/aromatic N) is 1. The van der Waals surface area contributed by atoms with E-state index in [2.05, 4.69) is 22.8 Å². The average molecular weight is 285 g/mol. The molecule has 0 spiro atoms. The first-order valence-corrected chi connectivity index (χ1v) is 7.46. The predicted molar refractivity (Wildman–Crippen MR) is 84.2 cm³/mol. The average Bonchev–Trinajstić information content (AvgIpc) is 2.48. The standard InChI is InChI=1S/C17H23N3O/c18-9-3-6-15-4-1-2-5-16(15)13-20-10-7-14(8-11-20)12-17(19)21/h1-2,4-5,14H,7-13,18H2,(H2,19,21). The number of rotatable bonds is 4. The second-order valence-electron chi connectivity index (χ2n) is 5.55. The van der Waals surface area contributed by atoms with Gasteiger partial charge in [-0.2, -0.15) is 0 Å². The molecule has 0 unspecified atom stereocenters. The van der Waals surface area contributed by atoms with Gasteiger partial charge in [-0.25, -0.2) is 0 Å². The van der Waals surface area contributed by atoms with E-state index in [0.717, 1.165) is 38.0 Å². The fourth-order valence-electron chi connectivity index (χ4n) is 2.80. The molecule has 1 aliphatic heterocycles. The normalized spacial score (nSPS) is 16.2. The Hall–Kier alpha value is -1.83. The highest BCUT2D eigenvalue weighted by molar-refractivity contribution is 5.73. The first-order valence-electron chi connectivity index (χ1n) is 7.46. The molecule has 1 saturated heterocycles. The van der Waals surface area contributed by atoms with E-state index in [4.69, 9.17) is 11.5 Å². The Morgan fingerprint density at radius 3 is 2.67 bits per heavy atom. The highest BCUT2D eigenvalue weighted by atomic mass is 16.1. The molecule has 0 radical (unpaired) electrons. The Morgan fingerprint density at radius 2 is 2.00 bits per heavy atom. The lowest BCUT2D eigenvalue weighted by atomic mass is 9.93.